The van der Waals surface area contributed by atoms with Crippen LogP contribution in [0.15, 0.2) is 0 Å². The van der Waals surface area contributed by atoms with Crippen LogP contribution in [0.25, 0.3) is 0 Å². The van der Waals surface area contributed by atoms with Gasteiger partial charge in [-0.15, -0.1) is 0 Å². The average molecular weight is 167 g/mol. The summed E-state index contributed by atoms with van der Waals surface area (Å²) < 4.78 is 0. The van der Waals surface area contributed by atoms with E-state index in [1.807, 2.05) is 6.92 Å². The summed E-state index contributed by atoms with van der Waals surface area (Å²) in [4.78, 5) is 2.38. The summed E-state index contributed by atoms with van der Waals surface area (Å²) in [5, 5.41) is 12.0. The van der Waals surface area contributed by atoms with Crippen molar-refractivity contribution in [2.75, 3.05) is 26.2 Å². The molecule has 1 fully saturated rings. The molecule has 0 radical (unpaired) electrons. The second-order valence-corrected chi connectivity index (χ2v) is 3.58. The lowest BCUT2D eigenvalue weighted by Crippen LogP contribution is -2.50. The lowest BCUT2D eigenvalue weighted by molar-refractivity contribution is 0.162. The van der Waals surface area contributed by atoms with Crippen molar-refractivity contribution in [2.45, 2.75) is 19.9 Å². The third-order valence-corrected chi connectivity index (χ3v) is 2.37. The van der Waals surface area contributed by atoms with Gasteiger partial charge in [0, 0.05) is 32.2 Å². The van der Waals surface area contributed by atoms with E-state index in [9.17, 15) is 0 Å². The molecule has 68 valence electrons. The summed E-state index contributed by atoms with van der Waals surface area (Å²) in [5.41, 5.74) is 0. The fraction of sp³-hybridized carbons (Fsp3) is 0.889. The zero-order valence-corrected chi connectivity index (χ0v) is 7.88. The maximum atomic E-state index is 8.66. The van der Waals surface area contributed by atoms with Crippen molar-refractivity contribution in [2.24, 2.45) is 5.92 Å². The molecule has 1 heterocycles. The van der Waals surface area contributed by atoms with Crippen molar-refractivity contribution in [3.63, 3.8) is 0 Å². The Bertz CT molecular complexity index is 173. The highest BCUT2D eigenvalue weighted by Crippen LogP contribution is 2.05. The van der Waals surface area contributed by atoms with Crippen molar-refractivity contribution in [1.82, 2.24) is 10.2 Å². The molecule has 3 nitrogen and oxygen atoms in total. The van der Waals surface area contributed by atoms with E-state index in [0.717, 1.165) is 26.2 Å². The third-order valence-electron chi connectivity index (χ3n) is 2.37. The molecule has 1 rings (SSSR count). The van der Waals surface area contributed by atoms with E-state index in [4.69, 9.17) is 5.26 Å². The quantitative estimate of drug-likeness (QED) is 0.648. The Morgan fingerprint density at radius 2 is 2.50 bits per heavy atom. The fourth-order valence-electron chi connectivity index (χ4n) is 1.55. The van der Waals surface area contributed by atoms with Crippen LogP contribution >= 0.6 is 0 Å². The molecule has 1 aliphatic rings. The van der Waals surface area contributed by atoms with Gasteiger partial charge in [0.05, 0.1) is 12.0 Å². The molecule has 12 heavy (non-hydrogen) atoms. The molecule has 0 spiro atoms. The van der Waals surface area contributed by atoms with Gasteiger partial charge >= 0.3 is 0 Å². The molecule has 2 atom stereocenters. The molecule has 0 amide bonds. The molecule has 3 heteroatoms. The summed E-state index contributed by atoms with van der Waals surface area (Å²) >= 11 is 0. The van der Waals surface area contributed by atoms with E-state index in [2.05, 4.69) is 23.2 Å². The highest BCUT2D eigenvalue weighted by molar-refractivity contribution is 4.85. The Hall–Kier alpha value is -0.590. The first-order valence-corrected chi connectivity index (χ1v) is 4.58. The SMILES string of the molecule is CC(C#N)CN1CCNC[C@@H]1C. The summed E-state index contributed by atoms with van der Waals surface area (Å²) in [5.74, 6) is 0.158. The zero-order valence-electron chi connectivity index (χ0n) is 7.88. The van der Waals surface area contributed by atoms with Crippen molar-refractivity contribution in [1.29, 1.82) is 5.26 Å². The molecule has 0 aromatic carbocycles. The fourth-order valence-corrected chi connectivity index (χ4v) is 1.55. The number of rotatable bonds is 2. The molecule has 1 unspecified atom stereocenters. The van der Waals surface area contributed by atoms with E-state index in [1.54, 1.807) is 0 Å². The maximum absolute atomic E-state index is 8.66. The van der Waals surface area contributed by atoms with Crippen LogP contribution < -0.4 is 5.32 Å². The van der Waals surface area contributed by atoms with Gasteiger partial charge in [0.1, 0.15) is 0 Å². The molecule has 0 aliphatic carbocycles. The van der Waals surface area contributed by atoms with Crippen LogP contribution in [0.4, 0.5) is 0 Å². The van der Waals surface area contributed by atoms with Crippen molar-refractivity contribution in [3.8, 4) is 6.07 Å². The van der Waals surface area contributed by atoms with E-state index >= 15 is 0 Å². The maximum Gasteiger partial charge on any atom is 0.0666 e. The molecule has 1 aliphatic heterocycles. The van der Waals surface area contributed by atoms with Gasteiger partial charge in [-0.05, 0) is 13.8 Å². The van der Waals surface area contributed by atoms with E-state index in [-0.39, 0.29) is 5.92 Å². The Labute approximate surface area is 74.4 Å². The minimum absolute atomic E-state index is 0.158. The van der Waals surface area contributed by atoms with Crippen LogP contribution in [0.5, 0.6) is 0 Å². The topological polar surface area (TPSA) is 39.1 Å². The normalized spacial score (nSPS) is 27.9. The van der Waals surface area contributed by atoms with E-state index < -0.39 is 0 Å². The first-order valence-electron chi connectivity index (χ1n) is 4.58. The van der Waals surface area contributed by atoms with Crippen molar-refractivity contribution >= 4 is 0 Å². The van der Waals surface area contributed by atoms with Gasteiger partial charge in [0.25, 0.3) is 0 Å². The van der Waals surface area contributed by atoms with E-state index in [1.165, 1.54) is 0 Å². The number of nitriles is 1. The summed E-state index contributed by atoms with van der Waals surface area (Å²) in [6.45, 7) is 8.29. The summed E-state index contributed by atoms with van der Waals surface area (Å²) in [6.07, 6.45) is 0. The predicted molar refractivity (Wildman–Crippen MR) is 48.7 cm³/mol. The molecule has 1 saturated heterocycles. The highest BCUT2D eigenvalue weighted by atomic mass is 15.2. The van der Waals surface area contributed by atoms with Crippen molar-refractivity contribution < 1.29 is 0 Å². The Kier molecular flexibility index (Phi) is 3.51. The highest BCUT2D eigenvalue weighted by Gasteiger charge is 2.18. The molecular formula is C9H17N3. The lowest BCUT2D eigenvalue weighted by atomic mass is 10.1. The Balaban J connectivity index is 2.35. The van der Waals surface area contributed by atoms with Gasteiger partial charge in [0.15, 0.2) is 0 Å². The standard InChI is InChI=1S/C9H17N3/c1-8(5-10)7-12-4-3-11-6-9(12)2/h8-9,11H,3-4,6-7H2,1-2H3/t8?,9-/m0/s1. The first-order chi connectivity index (χ1) is 5.74. The zero-order chi connectivity index (χ0) is 8.97. The van der Waals surface area contributed by atoms with Crippen LogP contribution in [-0.4, -0.2) is 37.1 Å². The minimum atomic E-state index is 0.158. The van der Waals surface area contributed by atoms with Gasteiger partial charge in [-0.25, -0.2) is 0 Å². The van der Waals surface area contributed by atoms with Crippen LogP contribution in [0.3, 0.4) is 0 Å². The number of piperazine rings is 1. The van der Waals surface area contributed by atoms with Crippen LogP contribution in [0.2, 0.25) is 0 Å². The number of nitrogens with zero attached hydrogens (tertiary/aromatic N) is 2. The van der Waals surface area contributed by atoms with Gasteiger partial charge in [-0.1, -0.05) is 0 Å². The molecule has 0 bridgehead atoms. The largest absolute Gasteiger partial charge is 0.314 e. The average Bonchev–Trinajstić information content (AvgIpc) is 2.09. The van der Waals surface area contributed by atoms with Gasteiger partial charge in [-0.2, -0.15) is 5.26 Å². The number of hydrogen-bond acceptors (Lipinski definition) is 3. The second kappa shape index (κ2) is 4.44. The minimum Gasteiger partial charge on any atom is -0.314 e. The van der Waals surface area contributed by atoms with E-state index in [0.29, 0.717) is 6.04 Å². The van der Waals surface area contributed by atoms with Crippen LogP contribution in [0.1, 0.15) is 13.8 Å². The lowest BCUT2D eigenvalue weighted by Gasteiger charge is -2.34. The number of nitrogens with one attached hydrogen (secondary N) is 1. The van der Waals surface area contributed by atoms with Gasteiger partial charge in [-0.3, -0.25) is 4.90 Å². The molecule has 0 aromatic heterocycles. The predicted octanol–water partition coefficient (Wildman–Crippen LogP) is 0.440. The molecule has 0 aromatic rings. The molecular weight excluding hydrogens is 150 g/mol. The van der Waals surface area contributed by atoms with Crippen molar-refractivity contribution in [3.05, 3.63) is 0 Å². The smallest absolute Gasteiger partial charge is 0.0666 e. The van der Waals surface area contributed by atoms with Crippen LogP contribution in [-0.2, 0) is 0 Å². The summed E-state index contributed by atoms with van der Waals surface area (Å²) in [6, 6.07) is 2.85. The first kappa shape index (κ1) is 9.50. The third kappa shape index (κ3) is 2.47. The summed E-state index contributed by atoms with van der Waals surface area (Å²) in [7, 11) is 0. The number of hydrogen-bond donors (Lipinski definition) is 1. The molecule has 0 saturated carbocycles. The van der Waals surface area contributed by atoms with Crippen LogP contribution in [0, 0.1) is 17.2 Å². The monoisotopic (exact) mass is 167 g/mol. The Morgan fingerprint density at radius 1 is 1.75 bits per heavy atom. The molecule has 1 N–H and O–H groups in total. The van der Waals surface area contributed by atoms with Gasteiger partial charge in [0.2, 0.25) is 0 Å². The van der Waals surface area contributed by atoms with Gasteiger partial charge < -0.3 is 5.32 Å². The Morgan fingerprint density at radius 3 is 3.08 bits per heavy atom. The second-order valence-electron chi connectivity index (χ2n) is 3.58.